The largest absolute Gasteiger partial charge is 0.496 e. The topological polar surface area (TPSA) is 77.3 Å². The molecule has 1 fully saturated rings. The van der Waals surface area contributed by atoms with Crippen molar-refractivity contribution in [2.45, 2.75) is 38.6 Å². The van der Waals surface area contributed by atoms with Crippen molar-refractivity contribution in [1.29, 1.82) is 0 Å². The van der Waals surface area contributed by atoms with Gasteiger partial charge in [-0.2, -0.15) is 4.98 Å². The Morgan fingerprint density at radius 2 is 2.09 bits per heavy atom. The molecule has 6 nitrogen and oxygen atoms in total. The molecule has 1 aromatic heterocycles. The molecule has 1 heterocycles. The number of benzene rings is 1. The fourth-order valence-corrected chi connectivity index (χ4v) is 2.94. The summed E-state index contributed by atoms with van der Waals surface area (Å²) in [5, 5.41) is 6.86. The number of carbonyl (C=O) groups is 1. The first-order chi connectivity index (χ1) is 11.3. The molecule has 3 rings (SSSR count). The second kappa shape index (κ2) is 7.26. The van der Waals surface area contributed by atoms with Gasteiger partial charge in [0.2, 0.25) is 17.6 Å². The molecule has 1 aromatic carbocycles. The molecule has 0 saturated heterocycles. The third-order valence-corrected chi connectivity index (χ3v) is 4.21. The van der Waals surface area contributed by atoms with E-state index in [-0.39, 0.29) is 18.4 Å². The summed E-state index contributed by atoms with van der Waals surface area (Å²) in [6.07, 6.45) is 5.45. The lowest BCUT2D eigenvalue weighted by Crippen LogP contribution is -2.31. The molecule has 0 unspecified atom stereocenters. The fourth-order valence-electron chi connectivity index (χ4n) is 2.94. The monoisotopic (exact) mass is 315 g/mol. The highest BCUT2D eigenvalue weighted by molar-refractivity contribution is 5.78. The maximum atomic E-state index is 12.1. The van der Waals surface area contributed by atoms with Gasteiger partial charge in [0.15, 0.2) is 0 Å². The maximum absolute atomic E-state index is 12.1. The number of nitrogens with one attached hydrogen (secondary N) is 1. The van der Waals surface area contributed by atoms with Crippen LogP contribution in [0.2, 0.25) is 0 Å². The Balaban J connectivity index is 1.62. The number of hydrogen-bond acceptors (Lipinski definition) is 5. The van der Waals surface area contributed by atoms with Gasteiger partial charge in [0.1, 0.15) is 5.75 Å². The lowest BCUT2D eigenvalue weighted by molar-refractivity contribution is -0.126. The van der Waals surface area contributed by atoms with Crippen LogP contribution in [0.4, 0.5) is 0 Å². The molecule has 2 aromatic rings. The van der Waals surface area contributed by atoms with E-state index in [1.54, 1.807) is 7.11 Å². The van der Waals surface area contributed by atoms with E-state index in [1.165, 1.54) is 6.42 Å². The van der Waals surface area contributed by atoms with E-state index in [1.807, 2.05) is 24.3 Å². The summed E-state index contributed by atoms with van der Waals surface area (Å²) in [5.41, 5.74) is 0.767. The summed E-state index contributed by atoms with van der Waals surface area (Å²) in [7, 11) is 1.60. The standard InChI is InChI=1S/C17H21N3O3/c1-22-14-10-6-5-9-13(14)16-19-15(23-20-16)11-18-17(21)12-7-3-2-4-8-12/h5-6,9-10,12H,2-4,7-8,11H2,1H3,(H,18,21). The Labute approximate surface area is 135 Å². The number of ether oxygens (including phenoxy) is 1. The molecule has 6 heteroatoms. The highest BCUT2D eigenvalue weighted by Crippen LogP contribution is 2.27. The molecule has 0 radical (unpaired) electrons. The van der Waals surface area contributed by atoms with Gasteiger partial charge in [-0.1, -0.05) is 36.6 Å². The predicted molar refractivity (Wildman–Crippen MR) is 84.7 cm³/mol. The van der Waals surface area contributed by atoms with E-state index in [0.29, 0.717) is 17.5 Å². The number of aromatic nitrogens is 2. The maximum Gasteiger partial charge on any atom is 0.246 e. The van der Waals surface area contributed by atoms with Crippen molar-refractivity contribution in [2.75, 3.05) is 7.11 Å². The van der Waals surface area contributed by atoms with Crippen LogP contribution < -0.4 is 10.1 Å². The lowest BCUT2D eigenvalue weighted by Gasteiger charge is -2.20. The van der Waals surface area contributed by atoms with Crippen molar-refractivity contribution in [3.05, 3.63) is 30.2 Å². The molecule has 1 saturated carbocycles. The Kier molecular flexibility index (Phi) is 4.90. The van der Waals surface area contributed by atoms with Gasteiger partial charge < -0.3 is 14.6 Å². The van der Waals surface area contributed by atoms with E-state index in [0.717, 1.165) is 31.2 Å². The zero-order valence-electron chi connectivity index (χ0n) is 13.2. The van der Waals surface area contributed by atoms with Crippen LogP contribution in [0.3, 0.4) is 0 Å². The summed E-state index contributed by atoms with van der Waals surface area (Å²) < 4.78 is 10.5. The van der Waals surface area contributed by atoms with Crippen molar-refractivity contribution in [1.82, 2.24) is 15.5 Å². The smallest absolute Gasteiger partial charge is 0.246 e. The molecule has 1 aliphatic rings. The number of rotatable bonds is 5. The number of nitrogens with zero attached hydrogens (tertiary/aromatic N) is 2. The van der Waals surface area contributed by atoms with Crippen molar-refractivity contribution < 1.29 is 14.1 Å². The van der Waals surface area contributed by atoms with E-state index in [9.17, 15) is 4.79 Å². The van der Waals surface area contributed by atoms with Gasteiger partial charge >= 0.3 is 0 Å². The van der Waals surface area contributed by atoms with Gasteiger partial charge in [-0.25, -0.2) is 0 Å². The average Bonchev–Trinajstić information content (AvgIpc) is 3.09. The first kappa shape index (κ1) is 15.5. The van der Waals surface area contributed by atoms with Crippen molar-refractivity contribution in [2.24, 2.45) is 5.92 Å². The number of methoxy groups -OCH3 is 1. The lowest BCUT2D eigenvalue weighted by atomic mass is 9.89. The fraction of sp³-hybridized carbons (Fsp3) is 0.471. The highest BCUT2D eigenvalue weighted by Gasteiger charge is 2.21. The Morgan fingerprint density at radius 1 is 1.30 bits per heavy atom. The van der Waals surface area contributed by atoms with E-state index >= 15 is 0 Å². The van der Waals surface area contributed by atoms with E-state index in [2.05, 4.69) is 15.5 Å². The summed E-state index contributed by atoms with van der Waals surface area (Å²) in [4.78, 5) is 16.5. The predicted octanol–water partition coefficient (Wildman–Crippen LogP) is 2.94. The van der Waals surface area contributed by atoms with Crippen molar-refractivity contribution >= 4 is 5.91 Å². The molecule has 122 valence electrons. The van der Waals surface area contributed by atoms with Crippen molar-refractivity contribution in [3.63, 3.8) is 0 Å². The molecule has 0 bridgehead atoms. The van der Waals surface area contributed by atoms with Crippen LogP contribution in [0.1, 0.15) is 38.0 Å². The second-order valence-electron chi connectivity index (χ2n) is 5.76. The van der Waals surface area contributed by atoms with Crippen LogP contribution in [0.15, 0.2) is 28.8 Å². The first-order valence-electron chi connectivity index (χ1n) is 8.01. The molecule has 23 heavy (non-hydrogen) atoms. The molecule has 1 amide bonds. The van der Waals surface area contributed by atoms with Gasteiger partial charge in [-0.05, 0) is 25.0 Å². The van der Waals surface area contributed by atoms with Crippen LogP contribution in [0, 0.1) is 5.92 Å². The van der Waals surface area contributed by atoms with Crippen LogP contribution in [0.5, 0.6) is 5.75 Å². The zero-order valence-corrected chi connectivity index (χ0v) is 13.2. The molecular weight excluding hydrogens is 294 g/mol. The molecule has 1 aliphatic carbocycles. The molecule has 1 N–H and O–H groups in total. The Hall–Kier alpha value is -2.37. The minimum atomic E-state index is 0.0849. The van der Waals surface area contributed by atoms with Gasteiger partial charge in [0.25, 0.3) is 0 Å². The molecule has 0 spiro atoms. The van der Waals surface area contributed by atoms with E-state index in [4.69, 9.17) is 9.26 Å². The quantitative estimate of drug-likeness (QED) is 0.918. The van der Waals surface area contributed by atoms with Crippen molar-refractivity contribution in [3.8, 4) is 17.1 Å². The normalized spacial score (nSPS) is 15.3. The summed E-state index contributed by atoms with van der Waals surface area (Å²) in [6.45, 7) is 0.261. The number of carbonyl (C=O) groups excluding carboxylic acids is 1. The highest BCUT2D eigenvalue weighted by atomic mass is 16.5. The molecule has 0 aliphatic heterocycles. The Morgan fingerprint density at radius 3 is 2.87 bits per heavy atom. The van der Waals surface area contributed by atoms with Gasteiger partial charge in [0.05, 0.1) is 19.2 Å². The second-order valence-corrected chi connectivity index (χ2v) is 5.76. The zero-order chi connectivity index (χ0) is 16.1. The SMILES string of the molecule is COc1ccccc1-c1noc(CNC(=O)C2CCCCC2)n1. The number of amides is 1. The average molecular weight is 315 g/mol. The molecular formula is C17H21N3O3. The third kappa shape index (κ3) is 3.70. The summed E-state index contributed by atoms with van der Waals surface area (Å²) in [5.74, 6) is 1.76. The Bertz CT molecular complexity index is 663. The summed E-state index contributed by atoms with van der Waals surface area (Å²) in [6, 6.07) is 7.48. The van der Waals surface area contributed by atoms with Gasteiger partial charge in [-0.15, -0.1) is 0 Å². The van der Waals surface area contributed by atoms with Crippen LogP contribution in [0.25, 0.3) is 11.4 Å². The van der Waals surface area contributed by atoms with Crippen LogP contribution in [-0.4, -0.2) is 23.2 Å². The molecule has 0 atom stereocenters. The minimum Gasteiger partial charge on any atom is -0.496 e. The van der Waals surface area contributed by atoms with Gasteiger partial charge in [-0.3, -0.25) is 4.79 Å². The van der Waals surface area contributed by atoms with E-state index < -0.39 is 0 Å². The van der Waals surface area contributed by atoms with Gasteiger partial charge in [0, 0.05) is 5.92 Å². The van der Waals surface area contributed by atoms with Crippen LogP contribution >= 0.6 is 0 Å². The first-order valence-corrected chi connectivity index (χ1v) is 8.01. The minimum absolute atomic E-state index is 0.0849. The summed E-state index contributed by atoms with van der Waals surface area (Å²) >= 11 is 0. The number of para-hydroxylation sites is 1. The number of hydrogen-bond donors (Lipinski definition) is 1. The van der Waals surface area contributed by atoms with Crippen LogP contribution in [-0.2, 0) is 11.3 Å². The third-order valence-electron chi connectivity index (χ3n) is 4.21.